The maximum Gasteiger partial charge on any atom is 0.243 e. The number of hydrogen-bond donors (Lipinski definition) is 1. The first-order valence-corrected chi connectivity index (χ1v) is 12.0. The SMILES string of the molecule is CCN(CC)S(=O)(=O)c1ccc2c(c1)C[C@H](C(=O)NCc1cccc(Cl)c1)N2C(C)=O. The highest BCUT2D eigenvalue weighted by Crippen LogP contribution is 2.35. The number of amides is 2. The van der Waals surface area contributed by atoms with Gasteiger partial charge in [-0.15, -0.1) is 0 Å². The Kier molecular flexibility index (Phi) is 7.03. The van der Waals surface area contributed by atoms with Crippen molar-refractivity contribution in [1.82, 2.24) is 9.62 Å². The van der Waals surface area contributed by atoms with Gasteiger partial charge in [0.1, 0.15) is 6.04 Å². The highest BCUT2D eigenvalue weighted by Gasteiger charge is 2.37. The lowest BCUT2D eigenvalue weighted by Crippen LogP contribution is -2.47. The topological polar surface area (TPSA) is 86.8 Å². The molecule has 0 bridgehead atoms. The Morgan fingerprint density at radius 3 is 2.48 bits per heavy atom. The van der Waals surface area contributed by atoms with Crippen molar-refractivity contribution in [3.8, 4) is 0 Å². The smallest absolute Gasteiger partial charge is 0.243 e. The summed E-state index contributed by atoms with van der Waals surface area (Å²) < 4.78 is 27.1. The summed E-state index contributed by atoms with van der Waals surface area (Å²) in [5.41, 5.74) is 2.07. The van der Waals surface area contributed by atoms with Crippen molar-refractivity contribution < 1.29 is 18.0 Å². The van der Waals surface area contributed by atoms with Crippen LogP contribution in [0.15, 0.2) is 47.4 Å². The molecule has 0 radical (unpaired) electrons. The number of carbonyl (C=O) groups excluding carboxylic acids is 2. The van der Waals surface area contributed by atoms with E-state index in [-0.39, 0.29) is 29.7 Å². The number of anilines is 1. The molecule has 2 aromatic carbocycles. The molecular formula is C22H26ClN3O4S. The van der Waals surface area contributed by atoms with E-state index in [9.17, 15) is 18.0 Å². The second-order valence-corrected chi connectivity index (χ2v) is 9.71. The van der Waals surface area contributed by atoms with Gasteiger partial charge in [-0.2, -0.15) is 4.31 Å². The van der Waals surface area contributed by atoms with Gasteiger partial charge in [0.25, 0.3) is 0 Å². The fourth-order valence-corrected chi connectivity index (χ4v) is 5.58. The van der Waals surface area contributed by atoms with E-state index in [4.69, 9.17) is 11.6 Å². The number of rotatable bonds is 7. The average molecular weight is 464 g/mol. The summed E-state index contributed by atoms with van der Waals surface area (Å²) >= 11 is 5.99. The normalized spacial score (nSPS) is 15.8. The van der Waals surface area contributed by atoms with E-state index in [0.29, 0.717) is 29.4 Å². The number of nitrogens with zero attached hydrogens (tertiary/aromatic N) is 2. The molecule has 1 N–H and O–H groups in total. The molecule has 0 saturated heterocycles. The predicted octanol–water partition coefficient (Wildman–Crippen LogP) is 2.96. The summed E-state index contributed by atoms with van der Waals surface area (Å²) in [5, 5.41) is 3.43. The first-order valence-electron chi connectivity index (χ1n) is 10.1. The Bertz CT molecular complexity index is 1100. The van der Waals surface area contributed by atoms with Crippen LogP contribution < -0.4 is 10.2 Å². The molecule has 0 aliphatic carbocycles. The van der Waals surface area contributed by atoms with Crippen molar-refractivity contribution in [2.24, 2.45) is 0 Å². The van der Waals surface area contributed by atoms with Gasteiger partial charge in [-0.05, 0) is 41.5 Å². The molecule has 0 unspecified atom stereocenters. The third kappa shape index (κ3) is 4.76. The second kappa shape index (κ2) is 9.38. The first-order chi connectivity index (χ1) is 14.7. The lowest BCUT2D eigenvalue weighted by molar-refractivity contribution is -0.125. The van der Waals surface area contributed by atoms with Crippen molar-refractivity contribution in [2.45, 2.75) is 44.7 Å². The van der Waals surface area contributed by atoms with Crippen LogP contribution in [0.4, 0.5) is 5.69 Å². The van der Waals surface area contributed by atoms with Crippen LogP contribution in [0.1, 0.15) is 31.9 Å². The Morgan fingerprint density at radius 1 is 1.16 bits per heavy atom. The Balaban J connectivity index is 1.84. The van der Waals surface area contributed by atoms with Gasteiger partial charge in [0.2, 0.25) is 21.8 Å². The zero-order valence-corrected chi connectivity index (χ0v) is 19.3. The van der Waals surface area contributed by atoms with Gasteiger partial charge in [0, 0.05) is 43.7 Å². The molecule has 31 heavy (non-hydrogen) atoms. The molecule has 9 heteroatoms. The molecule has 1 heterocycles. The molecule has 0 spiro atoms. The molecule has 1 atom stereocenters. The Labute approximate surface area is 188 Å². The Hall–Kier alpha value is -2.42. The fourth-order valence-electron chi connectivity index (χ4n) is 3.85. The molecule has 0 fully saturated rings. The van der Waals surface area contributed by atoms with Crippen LogP contribution in [0.2, 0.25) is 5.02 Å². The van der Waals surface area contributed by atoms with E-state index >= 15 is 0 Å². The number of hydrogen-bond acceptors (Lipinski definition) is 4. The van der Waals surface area contributed by atoms with Gasteiger partial charge in [-0.1, -0.05) is 37.6 Å². The number of carbonyl (C=O) groups is 2. The molecule has 166 valence electrons. The van der Waals surface area contributed by atoms with Gasteiger partial charge in [-0.25, -0.2) is 8.42 Å². The summed E-state index contributed by atoms with van der Waals surface area (Å²) in [5.74, 6) is -0.583. The predicted molar refractivity (Wildman–Crippen MR) is 120 cm³/mol. The quantitative estimate of drug-likeness (QED) is 0.683. The molecule has 0 aromatic heterocycles. The summed E-state index contributed by atoms with van der Waals surface area (Å²) in [6.45, 7) is 5.97. The summed E-state index contributed by atoms with van der Waals surface area (Å²) in [7, 11) is -3.63. The van der Waals surface area contributed by atoms with Gasteiger partial charge in [0.15, 0.2) is 0 Å². The van der Waals surface area contributed by atoms with Gasteiger partial charge >= 0.3 is 0 Å². The zero-order valence-electron chi connectivity index (χ0n) is 17.8. The van der Waals surface area contributed by atoms with Crippen LogP contribution in [0.25, 0.3) is 0 Å². The van der Waals surface area contributed by atoms with Crippen LogP contribution in [-0.2, 0) is 32.6 Å². The standard InChI is InChI=1S/C22H26ClN3O4S/c1-4-25(5-2)31(29,30)19-9-10-20-17(12-19)13-21(26(20)15(3)27)22(28)24-14-16-7-6-8-18(23)11-16/h6-12,21H,4-5,13-14H2,1-3H3,(H,24,28)/t21-/m1/s1. The average Bonchev–Trinajstić information content (AvgIpc) is 3.12. The lowest BCUT2D eigenvalue weighted by atomic mass is 10.1. The summed E-state index contributed by atoms with van der Waals surface area (Å²) in [6, 6.07) is 11.1. The van der Waals surface area contributed by atoms with Gasteiger partial charge < -0.3 is 5.32 Å². The van der Waals surface area contributed by atoms with Gasteiger partial charge in [0.05, 0.1) is 4.90 Å². The highest BCUT2D eigenvalue weighted by molar-refractivity contribution is 7.89. The number of fused-ring (bicyclic) bond motifs is 1. The maximum absolute atomic E-state index is 12.9. The zero-order chi connectivity index (χ0) is 22.8. The minimum absolute atomic E-state index is 0.165. The molecule has 1 aliphatic heterocycles. The largest absolute Gasteiger partial charge is 0.350 e. The number of sulfonamides is 1. The van der Waals surface area contributed by atoms with Crippen molar-refractivity contribution in [3.63, 3.8) is 0 Å². The number of nitrogens with one attached hydrogen (secondary N) is 1. The lowest BCUT2D eigenvalue weighted by Gasteiger charge is -2.23. The van der Waals surface area contributed by atoms with Crippen LogP contribution in [0, 0.1) is 0 Å². The molecule has 3 rings (SSSR count). The molecular weight excluding hydrogens is 438 g/mol. The van der Waals surface area contributed by atoms with Crippen molar-refractivity contribution in [1.29, 1.82) is 0 Å². The van der Waals surface area contributed by atoms with E-state index in [1.807, 2.05) is 6.07 Å². The maximum atomic E-state index is 12.9. The van der Waals surface area contributed by atoms with E-state index in [1.54, 1.807) is 44.2 Å². The van der Waals surface area contributed by atoms with Crippen LogP contribution in [0.5, 0.6) is 0 Å². The fraction of sp³-hybridized carbons (Fsp3) is 0.364. The van der Waals surface area contributed by atoms with E-state index < -0.39 is 16.1 Å². The van der Waals surface area contributed by atoms with Gasteiger partial charge in [-0.3, -0.25) is 14.5 Å². The monoisotopic (exact) mass is 463 g/mol. The first kappa shape index (κ1) is 23.2. The van der Waals surface area contributed by atoms with Crippen molar-refractivity contribution in [3.05, 3.63) is 58.6 Å². The summed E-state index contributed by atoms with van der Waals surface area (Å²) in [4.78, 5) is 26.8. The third-order valence-electron chi connectivity index (χ3n) is 5.38. The second-order valence-electron chi connectivity index (χ2n) is 7.34. The number of halogens is 1. The highest BCUT2D eigenvalue weighted by atomic mass is 35.5. The van der Waals surface area contributed by atoms with Crippen molar-refractivity contribution >= 4 is 39.1 Å². The molecule has 1 aliphatic rings. The minimum atomic E-state index is -3.63. The van der Waals surface area contributed by atoms with Crippen LogP contribution in [-0.4, -0.2) is 43.7 Å². The molecule has 2 amide bonds. The Morgan fingerprint density at radius 2 is 1.87 bits per heavy atom. The van der Waals surface area contributed by atoms with Crippen molar-refractivity contribution in [2.75, 3.05) is 18.0 Å². The summed E-state index contributed by atoms with van der Waals surface area (Å²) in [6.07, 6.45) is 0.248. The van der Waals surface area contributed by atoms with Crippen LogP contribution in [0.3, 0.4) is 0 Å². The minimum Gasteiger partial charge on any atom is -0.350 e. The third-order valence-corrected chi connectivity index (χ3v) is 7.66. The molecule has 2 aromatic rings. The van der Waals surface area contributed by atoms with E-state index in [2.05, 4.69) is 5.32 Å². The molecule has 7 nitrogen and oxygen atoms in total. The molecule has 0 saturated carbocycles. The number of benzene rings is 2. The van der Waals surface area contributed by atoms with E-state index in [1.165, 1.54) is 22.2 Å². The van der Waals surface area contributed by atoms with E-state index in [0.717, 1.165) is 5.56 Å². The van der Waals surface area contributed by atoms with Crippen LogP contribution >= 0.6 is 11.6 Å².